The molecule has 0 aliphatic heterocycles. The molecule has 0 saturated carbocycles. The summed E-state index contributed by atoms with van der Waals surface area (Å²) in [6, 6.07) is 0. The molecule has 0 spiro atoms. The number of aromatic nitrogens is 2. The quantitative estimate of drug-likeness (QED) is 0.532. The van der Waals surface area contributed by atoms with Gasteiger partial charge in [-0.1, -0.05) is 0 Å². The number of quaternary nitrogens is 1. The highest BCUT2D eigenvalue weighted by Crippen LogP contribution is 2.13. The molecule has 1 aromatic heterocycles. The minimum absolute atomic E-state index is 0.604. The summed E-state index contributed by atoms with van der Waals surface area (Å²) in [6.07, 6.45) is 1.16. The van der Waals surface area contributed by atoms with Crippen LogP contribution in [0.15, 0.2) is 4.34 Å². The zero-order chi connectivity index (χ0) is 11.1. The Morgan fingerprint density at radius 1 is 1.33 bits per heavy atom. The first-order valence-electron chi connectivity index (χ1n) is 5.34. The third-order valence-electron chi connectivity index (χ3n) is 2.39. The second-order valence-electron chi connectivity index (χ2n) is 3.36. The van der Waals surface area contributed by atoms with Crippen molar-refractivity contribution in [2.75, 3.05) is 31.5 Å². The van der Waals surface area contributed by atoms with Gasteiger partial charge in [-0.05, 0) is 18.2 Å². The van der Waals surface area contributed by atoms with Gasteiger partial charge in [0.25, 0.3) is 0 Å². The van der Waals surface area contributed by atoms with Crippen molar-refractivity contribution in [1.29, 1.82) is 0 Å². The molecule has 0 bridgehead atoms. The van der Waals surface area contributed by atoms with Gasteiger partial charge < -0.3 is 34.2 Å². The molecule has 1 rings (SSSR count). The third kappa shape index (κ3) is 4.72. The van der Waals surface area contributed by atoms with E-state index in [1.807, 2.05) is 0 Å². The van der Waals surface area contributed by atoms with Gasteiger partial charge in [-0.2, -0.15) is 5.10 Å². The highest BCUT2D eigenvalue weighted by Gasteiger charge is 2.00. The van der Waals surface area contributed by atoms with Gasteiger partial charge in [0.2, 0.25) is 0 Å². The Hall–Kier alpha value is -0.460. The highest BCUT2D eigenvalue weighted by atomic mass is 32.2. The molecule has 0 saturated heterocycles. The summed E-state index contributed by atoms with van der Waals surface area (Å²) in [5, 5.41) is 11.8. The summed E-state index contributed by atoms with van der Waals surface area (Å²) in [5.41, 5.74) is 0. The molecular formula is C9H18N4S2. The van der Waals surface area contributed by atoms with Crippen LogP contribution in [0.1, 0.15) is 20.3 Å². The standard InChI is InChI=1S/C9H18N4S2/c1-3-13(4-2)7-5-6-10-8-11-12-9(14)15-8/h3-7H2,1-2H3,(H,10,11)(H,12,14). The molecule has 0 atom stereocenters. The van der Waals surface area contributed by atoms with E-state index in [2.05, 4.69) is 29.4 Å². The Morgan fingerprint density at radius 3 is 2.60 bits per heavy atom. The van der Waals surface area contributed by atoms with Gasteiger partial charge >= 0.3 is 0 Å². The Bertz CT molecular complexity index is 273. The lowest BCUT2D eigenvalue weighted by Gasteiger charge is -2.15. The normalized spacial score (nSPS) is 10.9. The van der Waals surface area contributed by atoms with Crippen LogP contribution in [-0.4, -0.2) is 36.4 Å². The van der Waals surface area contributed by atoms with Crippen LogP contribution in [0, 0.1) is 0 Å². The molecule has 2 N–H and O–H groups in total. The average Bonchev–Trinajstić information content (AvgIpc) is 2.65. The van der Waals surface area contributed by atoms with Crippen molar-refractivity contribution in [3.63, 3.8) is 0 Å². The lowest BCUT2D eigenvalue weighted by atomic mass is 10.3. The van der Waals surface area contributed by atoms with Crippen LogP contribution < -0.4 is 10.2 Å². The Morgan fingerprint density at radius 2 is 2.07 bits per heavy atom. The fourth-order valence-electron chi connectivity index (χ4n) is 1.42. The van der Waals surface area contributed by atoms with E-state index in [1.165, 1.54) is 31.0 Å². The monoisotopic (exact) mass is 246 g/mol. The molecule has 4 nitrogen and oxygen atoms in total. The summed E-state index contributed by atoms with van der Waals surface area (Å²) in [4.78, 5) is 1.64. The minimum atomic E-state index is 0.604. The van der Waals surface area contributed by atoms with E-state index in [4.69, 9.17) is 12.6 Å². The van der Waals surface area contributed by atoms with Crippen LogP contribution in [-0.2, 0) is 12.6 Å². The van der Waals surface area contributed by atoms with Crippen molar-refractivity contribution in [3.8, 4) is 0 Å². The van der Waals surface area contributed by atoms with Crippen molar-refractivity contribution >= 4 is 29.1 Å². The van der Waals surface area contributed by atoms with E-state index in [0.29, 0.717) is 4.34 Å². The number of hydrogen-bond acceptors (Lipinski definition) is 5. The molecule has 0 aromatic carbocycles. The maximum absolute atomic E-state index is 4.89. The van der Waals surface area contributed by atoms with E-state index < -0.39 is 0 Å². The number of nitrogens with one attached hydrogen (secondary N) is 2. The van der Waals surface area contributed by atoms with Gasteiger partial charge in [0.1, 0.15) is 5.13 Å². The SMILES string of the molecule is CC[NH+](CC)CCCNc1nnc([S-])s1. The van der Waals surface area contributed by atoms with Crippen LogP contribution in [0.3, 0.4) is 0 Å². The molecule has 0 aliphatic rings. The predicted octanol–water partition coefficient (Wildman–Crippen LogP) is 0.171. The van der Waals surface area contributed by atoms with E-state index in [-0.39, 0.29) is 0 Å². The van der Waals surface area contributed by atoms with E-state index >= 15 is 0 Å². The van der Waals surface area contributed by atoms with Crippen molar-refractivity contribution in [2.45, 2.75) is 24.6 Å². The van der Waals surface area contributed by atoms with Crippen molar-refractivity contribution in [2.24, 2.45) is 0 Å². The Balaban J connectivity index is 2.11. The second kappa shape index (κ2) is 6.92. The summed E-state index contributed by atoms with van der Waals surface area (Å²) in [7, 11) is 0. The van der Waals surface area contributed by atoms with Gasteiger partial charge in [0.15, 0.2) is 0 Å². The molecule has 6 heteroatoms. The van der Waals surface area contributed by atoms with E-state index in [0.717, 1.165) is 18.1 Å². The van der Waals surface area contributed by atoms with Crippen LogP contribution in [0.2, 0.25) is 0 Å². The molecule has 15 heavy (non-hydrogen) atoms. The number of anilines is 1. The summed E-state index contributed by atoms with van der Waals surface area (Å²) < 4.78 is 0.604. The molecular weight excluding hydrogens is 228 g/mol. The lowest BCUT2D eigenvalue weighted by Crippen LogP contribution is -3.11. The summed E-state index contributed by atoms with van der Waals surface area (Å²) in [6.45, 7) is 9.01. The van der Waals surface area contributed by atoms with Crippen molar-refractivity contribution in [1.82, 2.24) is 10.2 Å². The van der Waals surface area contributed by atoms with E-state index in [1.54, 1.807) is 4.90 Å². The molecule has 0 aliphatic carbocycles. The first-order valence-corrected chi connectivity index (χ1v) is 6.56. The molecule has 0 amide bonds. The topological polar surface area (TPSA) is 42.2 Å². The molecule has 1 aromatic rings. The molecule has 1 heterocycles. The number of nitrogens with zero attached hydrogens (tertiary/aromatic N) is 2. The maximum Gasteiger partial charge on any atom is 0.110 e. The predicted molar refractivity (Wildman–Crippen MR) is 65.6 cm³/mol. The zero-order valence-corrected chi connectivity index (χ0v) is 10.9. The van der Waals surface area contributed by atoms with Crippen molar-refractivity contribution < 1.29 is 4.90 Å². The molecule has 0 radical (unpaired) electrons. The summed E-state index contributed by atoms with van der Waals surface area (Å²) >= 11 is 6.32. The first kappa shape index (κ1) is 12.6. The number of hydrogen-bond donors (Lipinski definition) is 2. The molecule has 0 unspecified atom stereocenters. The zero-order valence-electron chi connectivity index (χ0n) is 9.25. The first-order chi connectivity index (χ1) is 7.26. The average molecular weight is 246 g/mol. The lowest BCUT2D eigenvalue weighted by molar-refractivity contribution is -0.896. The fraction of sp³-hybridized carbons (Fsp3) is 0.778. The van der Waals surface area contributed by atoms with Crippen LogP contribution in [0.4, 0.5) is 5.13 Å². The maximum atomic E-state index is 4.89. The van der Waals surface area contributed by atoms with Crippen LogP contribution in [0.25, 0.3) is 0 Å². The van der Waals surface area contributed by atoms with Gasteiger partial charge in [-0.25, -0.2) is 0 Å². The summed E-state index contributed by atoms with van der Waals surface area (Å²) in [5.74, 6) is 0. The van der Waals surface area contributed by atoms with Gasteiger partial charge in [0.05, 0.1) is 19.6 Å². The Labute approximate surface area is 100 Å². The second-order valence-corrected chi connectivity index (χ2v) is 4.98. The highest BCUT2D eigenvalue weighted by molar-refractivity contribution is 7.62. The largest absolute Gasteiger partial charge is 0.406 e. The van der Waals surface area contributed by atoms with Gasteiger partial charge in [-0.3, -0.25) is 0 Å². The smallest absolute Gasteiger partial charge is 0.110 e. The van der Waals surface area contributed by atoms with Crippen LogP contribution in [0.5, 0.6) is 0 Å². The molecule has 0 fully saturated rings. The van der Waals surface area contributed by atoms with Crippen molar-refractivity contribution in [3.05, 3.63) is 0 Å². The van der Waals surface area contributed by atoms with Gasteiger partial charge in [-0.15, -0.1) is 5.10 Å². The van der Waals surface area contributed by atoms with Gasteiger partial charge in [0, 0.05) is 13.0 Å². The molecule has 86 valence electrons. The fourth-order valence-corrected chi connectivity index (χ4v) is 2.20. The Kier molecular flexibility index (Phi) is 5.82. The minimum Gasteiger partial charge on any atom is -0.406 e. The van der Waals surface area contributed by atoms with E-state index in [9.17, 15) is 0 Å². The number of rotatable bonds is 7. The van der Waals surface area contributed by atoms with Crippen LogP contribution >= 0.6 is 11.3 Å². The third-order valence-corrected chi connectivity index (χ3v) is 3.40.